The monoisotopic (exact) mass is 327 g/mol. The number of halogens is 4. The van der Waals surface area contributed by atoms with Crippen LogP contribution in [0.5, 0.6) is 0 Å². The predicted octanol–water partition coefficient (Wildman–Crippen LogP) is 3.28. The number of carbonyl (C=O) groups excluding carboxylic acids is 2. The van der Waals surface area contributed by atoms with E-state index in [1.54, 1.807) is 0 Å². The number of carbonyl (C=O) groups is 2. The Balaban J connectivity index is 1.70. The van der Waals surface area contributed by atoms with Gasteiger partial charge in [-0.3, -0.25) is 14.5 Å². The summed E-state index contributed by atoms with van der Waals surface area (Å²) in [5, 5.41) is 0. The number of amides is 2. The van der Waals surface area contributed by atoms with Crippen LogP contribution in [0, 0.1) is 41.0 Å². The molecule has 2 aliphatic carbocycles. The summed E-state index contributed by atoms with van der Waals surface area (Å²) in [5.74, 6) is -8.83. The lowest BCUT2D eigenvalue weighted by Crippen LogP contribution is -2.36. The minimum absolute atomic E-state index is 0.0512. The van der Waals surface area contributed by atoms with Gasteiger partial charge in [-0.25, -0.2) is 17.6 Å². The number of hydrogen-bond acceptors (Lipinski definition) is 2. The highest BCUT2D eigenvalue weighted by molar-refractivity contribution is 6.21. The van der Waals surface area contributed by atoms with Crippen molar-refractivity contribution >= 4 is 11.8 Å². The van der Waals surface area contributed by atoms with Gasteiger partial charge < -0.3 is 0 Å². The molecule has 0 aromatic heterocycles. The highest BCUT2D eigenvalue weighted by atomic mass is 19.2. The second kappa shape index (κ2) is 4.79. The molecule has 2 saturated carbocycles. The molecular weight excluding hydrogens is 314 g/mol. The fourth-order valence-corrected chi connectivity index (χ4v) is 4.40. The first kappa shape index (κ1) is 14.7. The molecule has 7 heteroatoms. The van der Waals surface area contributed by atoms with Crippen molar-refractivity contribution < 1.29 is 27.2 Å². The first-order valence-corrected chi connectivity index (χ1v) is 7.62. The Hall–Kier alpha value is -1.92. The zero-order chi connectivity index (χ0) is 16.5. The Morgan fingerprint density at radius 2 is 1.39 bits per heavy atom. The number of hydrogen-bond donors (Lipinski definition) is 0. The van der Waals surface area contributed by atoms with Crippen molar-refractivity contribution in [2.75, 3.05) is 6.54 Å². The SMILES string of the molecule is O=C1c2c(F)c(F)c(F)c(F)c2C(=O)N1CC1CC2CCC1C2. The zero-order valence-electron chi connectivity index (χ0n) is 12.0. The predicted molar refractivity (Wildman–Crippen MR) is 70.6 cm³/mol. The van der Waals surface area contributed by atoms with E-state index in [0.29, 0.717) is 11.8 Å². The van der Waals surface area contributed by atoms with E-state index < -0.39 is 46.2 Å². The van der Waals surface area contributed by atoms with E-state index in [4.69, 9.17) is 0 Å². The summed E-state index contributed by atoms with van der Waals surface area (Å²) < 4.78 is 54.3. The van der Waals surface area contributed by atoms with Crippen molar-refractivity contribution in [3.05, 3.63) is 34.4 Å². The summed E-state index contributed by atoms with van der Waals surface area (Å²) in [5.41, 5.74) is -1.98. The molecule has 3 unspecified atom stereocenters. The van der Waals surface area contributed by atoms with Gasteiger partial charge >= 0.3 is 0 Å². The van der Waals surface area contributed by atoms with E-state index in [9.17, 15) is 27.2 Å². The van der Waals surface area contributed by atoms with E-state index in [2.05, 4.69) is 0 Å². The van der Waals surface area contributed by atoms with E-state index in [-0.39, 0.29) is 12.5 Å². The molecule has 23 heavy (non-hydrogen) atoms. The van der Waals surface area contributed by atoms with Crippen molar-refractivity contribution in [3.63, 3.8) is 0 Å². The molecule has 0 radical (unpaired) electrons. The lowest BCUT2D eigenvalue weighted by molar-refractivity contribution is 0.0607. The normalized spacial score (nSPS) is 28.9. The van der Waals surface area contributed by atoms with Gasteiger partial charge in [0, 0.05) is 6.54 Å². The molecule has 3 aliphatic rings. The maximum atomic E-state index is 13.8. The number of imide groups is 1. The lowest BCUT2D eigenvalue weighted by atomic mass is 9.88. The Labute approximate surface area is 129 Å². The van der Waals surface area contributed by atoms with Crippen LogP contribution in [0.3, 0.4) is 0 Å². The van der Waals surface area contributed by atoms with E-state index >= 15 is 0 Å². The Morgan fingerprint density at radius 1 is 0.826 bits per heavy atom. The van der Waals surface area contributed by atoms with Gasteiger partial charge in [-0.15, -0.1) is 0 Å². The number of fused-ring (bicyclic) bond motifs is 3. The molecule has 3 nitrogen and oxygen atoms in total. The Morgan fingerprint density at radius 3 is 1.83 bits per heavy atom. The van der Waals surface area contributed by atoms with Crippen LogP contribution in [0.1, 0.15) is 46.4 Å². The highest BCUT2D eigenvalue weighted by Crippen LogP contribution is 2.49. The second-order valence-electron chi connectivity index (χ2n) is 6.66. The van der Waals surface area contributed by atoms with Gasteiger partial charge in [0.15, 0.2) is 23.3 Å². The van der Waals surface area contributed by atoms with Crippen LogP contribution in [0.15, 0.2) is 0 Å². The van der Waals surface area contributed by atoms with E-state index in [0.717, 1.165) is 30.6 Å². The molecule has 4 rings (SSSR count). The van der Waals surface area contributed by atoms with Crippen LogP contribution in [-0.4, -0.2) is 23.3 Å². The van der Waals surface area contributed by atoms with Gasteiger partial charge in [0.05, 0.1) is 11.1 Å². The molecule has 0 N–H and O–H groups in total. The highest BCUT2D eigenvalue weighted by Gasteiger charge is 2.47. The summed E-state index contributed by atoms with van der Waals surface area (Å²) in [6, 6.07) is 0. The molecule has 0 saturated heterocycles. The molecule has 2 amide bonds. The second-order valence-corrected chi connectivity index (χ2v) is 6.66. The largest absolute Gasteiger partial charge is 0.274 e. The number of rotatable bonds is 2. The molecule has 1 aromatic rings. The Kier molecular flexibility index (Phi) is 3.05. The molecule has 0 spiro atoms. The lowest BCUT2D eigenvalue weighted by Gasteiger charge is -2.25. The molecule has 3 atom stereocenters. The third-order valence-electron chi connectivity index (χ3n) is 5.49. The van der Waals surface area contributed by atoms with Gasteiger partial charge in [0.25, 0.3) is 11.8 Å². The zero-order valence-corrected chi connectivity index (χ0v) is 12.0. The van der Waals surface area contributed by atoms with Crippen molar-refractivity contribution in [1.29, 1.82) is 0 Å². The average molecular weight is 327 g/mol. The molecular formula is C16H13F4NO2. The summed E-state index contributed by atoms with van der Waals surface area (Å²) in [6.07, 6.45) is 4.05. The maximum absolute atomic E-state index is 13.8. The Bertz CT molecular complexity index is 701. The fraction of sp³-hybridized carbons (Fsp3) is 0.500. The van der Waals surface area contributed by atoms with Gasteiger partial charge in [0.1, 0.15) is 0 Å². The van der Waals surface area contributed by atoms with Crippen LogP contribution < -0.4 is 0 Å². The molecule has 1 heterocycles. The minimum Gasteiger partial charge on any atom is -0.274 e. The fourth-order valence-electron chi connectivity index (χ4n) is 4.40. The van der Waals surface area contributed by atoms with E-state index in [1.165, 1.54) is 0 Å². The van der Waals surface area contributed by atoms with Crippen molar-refractivity contribution in [1.82, 2.24) is 4.90 Å². The van der Waals surface area contributed by atoms with Crippen LogP contribution in [0.25, 0.3) is 0 Å². The molecule has 122 valence electrons. The average Bonchev–Trinajstić information content (AvgIpc) is 3.20. The van der Waals surface area contributed by atoms with Gasteiger partial charge in [-0.1, -0.05) is 6.42 Å². The van der Waals surface area contributed by atoms with Gasteiger partial charge in [-0.2, -0.15) is 0 Å². The summed E-state index contributed by atoms with van der Waals surface area (Å²) in [6.45, 7) is 0.0512. The molecule has 1 aliphatic heterocycles. The maximum Gasteiger partial charge on any atom is 0.264 e. The number of benzene rings is 1. The van der Waals surface area contributed by atoms with Crippen LogP contribution in [0.4, 0.5) is 17.6 Å². The third kappa shape index (κ3) is 1.88. The molecule has 2 fully saturated rings. The summed E-state index contributed by atoms with van der Waals surface area (Å²) in [7, 11) is 0. The van der Waals surface area contributed by atoms with Crippen LogP contribution >= 0.6 is 0 Å². The van der Waals surface area contributed by atoms with Crippen molar-refractivity contribution in [2.24, 2.45) is 17.8 Å². The molecule has 1 aromatic carbocycles. The smallest absolute Gasteiger partial charge is 0.264 e. The van der Waals surface area contributed by atoms with Crippen molar-refractivity contribution in [2.45, 2.75) is 25.7 Å². The first-order valence-electron chi connectivity index (χ1n) is 7.62. The standard InChI is InChI=1S/C16H13F4NO2/c17-11-9-10(12(18)14(20)13(11)19)16(23)21(15(9)22)5-8-4-6-1-2-7(8)3-6/h6-8H,1-5H2. The molecule has 2 bridgehead atoms. The van der Waals surface area contributed by atoms with Crippen LogP contribution in [-0.2, 0) is 0 Å². The quantitative estimate of drug-likeness (QED) is 0.362. The summed E-state index contributed by atoms with van der Waals surface area (Å²) >= 11 is 0. The van der Waals surface area contributed by atoms with Crippen LogP contribution in [0.2, 0.25) is 0 Å². The summed E-state index contributed by atoms with van der Waals surface area (Å²) in [4.78, 5) is 25.2. The van der Waals surface area contributed by atoms with Gasteiger partial charge in [-0.05, 0) is 37.0 Å². The van der Waals surface area contributed by atoms with Gasteiger partial charge in [0.2, 0.25) is 0 Å². The first-order chi connectivity index (χ1) is 10.9. The third-order valence-corrected chi connectivity index (χ3v) is 5.49. The number of nitrogens with zero attached hydrogens (tertiary/aromatic N) is 1. The topological polar surface area (TPSA) is 37.4 Å². The van der Waals surface area contributed by atoms with E-state index in [1.807, 2.05) is 0 Å². The van der Waals surface area contributed by atoms with Crippen molar-refractivity contribution in [3.8, 4) is 0 Å². The minimum atomic E-state index is -2.07.